The summed E-state index contributed by atoms with van der Waals surface area (Å²) in [4.78, 5) is 12.1. The number of esters is 1. The Kier molecular flexibility index (Phi) is 6.93. The summed E-state index contributed by atoms with van der Waals surface area (Å²) < 4.78 is 13.3. The molecule has 0 atom stereocenters. The molecule has 0 aliphatic carbocycles. The number of hydrogen-bond donors (Lipinski definition) is 1. The highest BCUT2D eigenvalue weighted by molar-refractivity contribution is 5.87. The minimum Gasteiger partial charge on any atom is -0.487 e. The standard InChI is InChI=1S/C28H28N6O3/c1-4-36-27(35)16-21-8-5-6-11-26(21)37-17-24-23-15-20(12-13-25(23)34(31-24)18(2)3)19-9-7-10-22(14-19)28-29-32-33-30-28/h5-15,18H,4,16-17H2,1-3H3,(H,29,30,32,33). The van der Waals surface area contributed by atoms with Crippen molar-refractivity contribution in [3.05, 3.63) is 78.0 Å². The molecule has 188 valence electrons. The molecule has 9 heteroatoms. The van der Waals surface area contributed by atoms with Gasteiger partial charge in [0.15, 0.2) is 0 Å². The molecule has 5 rings (SSSR count). The normalized spacial score (nSPS) is 11.2. The number of para-hydroxylation sites is 1. The number of nitrogens with zero attached hydrogens (tertiary/aromatic N) is 5. The van der Waals surface area contributed by atoms with Gasteiger partial charge in [0.25, 0.3) is 0 Å². The van der Waals surface area contributed by atoms with Crippen molar-refractivity contribution < 1.29 is 14.3 Å². The van der Waals surface area contributed by atoms with E-state index < -0.39 is 0 Å². The van der Waals surface area contributed by atoms with E-state index in [1.165, 1.54) is 0 Å². The molecule has 0 amide bonds. The smallest absolute Gasteiger partial charge is 0.310 e. The maximum absolute atomic E-state index is 12.1. The van der Waals surface area contributed by atoms with Crippen molar-refractivity contribution in [2.24, 2.45) is 0 Å². The second-order valence-electron chi connectivity index (χ2n) is 8.91. The number of ether oxygens (including phenoxy) is 2. The summed E-state index contributed by atoms with van der Waals surface area (Å²) in [6.07, 6.45) is 0.159. The van der Waals surface area contributed by atoms with Gasteiger partial charge in [-0.1, -0.05) is 42.5 Å². The average Bonchev–Trinajstić information content (AvgIpc) is 3.57. The predicted molar refractivity (Wildman–Crippen MR) is 140 cm³/mol. The summed E-state index contributed by atoms with van der Waals surface area (Å²) in [6.45, 7) is 6.62. The summed E-state index contributed by atoms with van der Waals surface area (Å²) >= 11 is 0. The second kappa shape index (κ2) is 10.6. The highest BCUT2D eigenvalue weighted by atomic mass is 16.5. The third-order valence-corrected chi connectivity index (χ3v) is 6.05. The molecule has 0 aliphatic rings. The van der Waals surface area contributed by atoms with Gasteiger partial charge in [-0.15, -0.1) is 10.2 Å². The van der Waals surface area contributed by atoms with Crippen LogP contribution in [0.25, 0.3) is 33.4 Å². The maximum atomic E-state index is 12.1. The van der Waals surface area contributed by atoms with E-state index in [1.807, 2.05) is 47.1 Å². The number of tetrazole rings is 1. The second-order valence-corrected chi connectivity index (χ2v) is 8.91. The summed E-state index contributed by atoms with van der Waals surface area (Å²) in [5.41, 5.74) is 5.61. The summed E-state index contributed by atoms with van der Waals surface area (Å²) in [6, 6.07) is 22.1. The lowest BCUT2D eigenvalue weighted by Gasteiger charge is -2.10. The molecule has 0 aliphatic heterocycles. The molecule has 5 aromatic rings. The molecule has 0 bridgehead atoms. The first-order chi connectivity index (χ1) is 18.0. The van der Waals surface area contributed by atoms with E-state index in [0.717, 1.165) is 38.9 Å². The number of nitrogens with one attached hydrogen (secondary N) is 1. The van der Waals surface area contributed by atoms with Crippen LogP contribution in [0.15, 0.2) is 66.7 Å². The summed E-state index contributed by atoms with van der Waals surface area (Å²) in [5.74, 6) is 0.915. The summed E-state index contributed by atoms with van der Waals surface area (Å²) in [7, 11) is 0. The van der Waals surface area contributed by atoms with Gasteiger partial charge in [-0.25, -0.2) is 0 Å². The lowest BCUT2D eigenvalue weighted by molar-refractivity contribution is -0.142. The van der Waals surface area contributed by atoms with E-state index in [0.29, 0.717) is 18.2 Å². The fourth-order valence-corrected chi connectivity index (χ4v) is 4.31. The van der Waals surface area contributed by atoms with Crippen LogP contribution in [0.4, 0.5) is 0 Å². The van der Waals surface area contributed by atoms with Gasteiger partial charge in [-0.2, -0.15) is 10.3 Å². The van der Waals surface area contributed by atoms with Crippen LogP contribution in [-0.2, 0) is 22.6 Å². The molecule has 0 spiro atoms. The zero-order valence-electron chi connectivity index (χ0n) is 21.0. The third kappa shape index (κ3) is 5.20. The van der Waals surface area contributed by atoms with E-state index in [2.05, 4.69) is 58.7 Å². The number of hydrogen-bond acceptors (Lipinski definition) is 7. The van der Waals surface area contributed by atoms with Gasteiger partial charge in [-0.3, -0.25) is 9.48 Å². The number of aromatic nitrogens is 6. The topological polar surface area (TPSA) is 108 Å². The van der Waals surface area contributed by atoms with Gasteiger partial charge < -0.3 is 9.47 Å². The van der Waals surface area contributed by atoms with E-state index in [4.69, 9.17) is 14.6 Å². The summed E-state index contributed by atoms with van der Waals surface area (Å²) in [5, 5.41) is 20.2. The number of benzene rings is 3. The van der Waals surface area contributed by atoms with Gasteiger partial charge >= 0.3 is 5.97 Å². The van der Waals surface area contributed by atoms with E-state index >= 15 is 0 Å². The lowest BCUT2D eigenvalue weighted by Crippen LogP contribution is -2.09. The lowest BCUT2D eigenvalue weighted by atomic mass is 10.0. The molecule has 37 heavy (non-hydrogen) atoms. The molecule has 0 fully saturated rings. The van der Waals surface area contributed by atoms with Crippen LogP contribution in [-0.4, -0.2) is 43.0 Å². The SMILES string of the molecule is CCOC(=O)Cc1ccccc1OCc1nn(C(C)C)c2ccc(-c3cccc(-c4nn[nH]n4)c3)cc12. The molecule has 9 nitrogen and oxygen atoms in total. The number of rotatable bonds is 9. The Morgan fingerprint density at radius 2 is 1.81 bits per heavy atom. The highest BCUT2D eigenvalue weighted by Gasteiger charge is 2.16. The van der Waals surface area contributed by atoms with E-state index in [1.54, 1.807) is 6.92 Å². The van der Waals surface area contributed by atoms with Crippen molar-refractivity contribution in [1.82, 2.24) is 30.4 Å². The van der Waals surface area contributed by atoms with Crippen LogP contribution in [0, 0.1) is 0 Å². The van der Waals surface area contributed by atoms with Crippen LogP contribution in [0.1, 0.15) is 38.1 Å². The van der Waals surface area contributed by atoms with Crippen LogP contribution in [0.3, 0.4) is 0 Å². The molecule has 0 unspecified atom stereocenters. The van der Waals surface area contributed by atoms with Crippen molar-refractivity contribution in [2.45, 2.75) is 39.8 Å². The van der Waals surface area contributed by atoms with Crippen molar-refractivity contribution in [2.75, 3.05) is 6.61 Å². The molecule has 0 radical (unpaired) electrons. The molecule has 2 aromatic heterocycles. The van der Waals surface area contributed by atoms with Gasteiger partial charge in [0.05, 0.1) is 18.5 Å². The van der Waals surface area contributed by atoms with Crippen LogP contribution in [0.2, 0.25) is 0 Å². The number of carbonyl (C=O) groups is 1. The Hall–Kier alpha value is -4.53. The maximum Gasteiger partial charge on any atom is 0.310 e. The molecular formula is C28H28N6O3. The number of carbonyl (C=O) groups excluding carboxylic acids is 1. The zero-order chi connectivity index (χ0) is 25.8. The van der Waals surface area contributed by atoms with Gasteiger partial charge in [-0.05, 0) is 61.4 Å². The van der Waals surface area contributed by atoms with Crippen molar-refractivity contribution >= 4 is 16.9 Å². The molecule has 0 saturated carbocycles. The Morgan fingerprint density at radius 3 is 2.59 bits per heavy atom. The highest BCUT2D eigenvalue weighted by Crippen LogP contribution is 2.31. The Bertz CT molecular complexity index is 1520. The largest absolute Gasteiger partial charge is 0.487 e. The van der Waals surface area contributed by atoms with E-state index in [9.17, 15) is 4.79 Å². The van der Waals surface area contributed by atoms with Crippen LogP contribution >= 0.6 is 0 Å². The molecule has 3 aromatic carbocycles. The average molecular weight is 497 g/mol. The van der Waals surface area contributed by atoms with Gasteiger partial charge in [0.2, 0.25) is 5.82 Å². The van der Waals surface area contributed by atoms with E-state index in [-0.39, 0.29) is 25.0 Å². The molecule has 1 N–H and O–H groups in total. The number of aromatic amines is 1. The number of fused-ring (bicyclic) bond motifs is 1. The van der Waals surface area contributed by atoms with Crippen molar-refractivity contribution in [3.63, 3.8) is 0 Å². The molecule has 2 heterocycles. The van der Waals surface area contributed by atoms with Crippen molar-refractivity contribution in [3.8, 4) is 28.3 Å². The Balaban J connectivity index is 1.47. The van der Waals surface area contributed by atoms with Gasteiger partial charge in [0.1, 0.15) is 18.1 Å². The van der Waals surface area contributed by atoms with Crippen LogP contribution < -0.4 is 4.74 Å². The molecular weight excluding hydrogens is 468 g/mol. The van der Waals surface area contributed by atoms with Gasteiger partial charge in [0, 0.05) is 22.6 Å². The first-order valence-corrected chi connectivity index (χ1v) is 12.2. The monoisotopic (exact) mass is 496 g/mol. The predicted octanol–water partition coefficient (Wildman–Crippen LogP) is 5.15. The Labute approximate surface area is 214 Å². The zero-order valence-corrected chi connectivity index (χ0v) is 21.0. The molecule has 0 saturated heterocycles. The van der Waals surface area contributed by atoms with Crippen molar-refractivity contribution in [1.29, 1.82) is 0 Å². The van der Waals surface area contributed by atoms with Crippen LogP contribution in [0.5, 0.6) is 5.75 Å². The minimum atomic E-state index is -0.277. The fraction of sp³-hybridized carbons (Fsp3) is 0.250. The quantitative estimate of drug-likeness (QED) is 0.281. The minimum absolute atomic E-state index is 0.159. The Morgan fingerprint density at radius 1 is 1.00 bits per heavy atom. The fourth-order valence-electron chi connectivity index (χ4n) is 4.31. The first-order valence-electron chi connectivity index (χ1n) is 12.2. The first kappa shape index (κ1) is 24.2. The number of H-pyrrole nitrogens is 1. The third-order valence-electron chi connectivity index (χ3n) is 6.05.